The molecule has 3 rings (SSSR count). The number of aliphatic hydroxyl groups is 1. The van der Waals surface area contributed by atoms with Gasteiger partial charge < -0.3 is 5.11 Å². The van der Waals surface area contributed by atoms with Gasteiger partial charge in [0.05, 0.1) is 5.60 Å². The highest BCUT2D eigenvalue weighted by atomic mass is 32.2. The highest BCUT2D eigenvalue weighted by Crippen LogP contribution is 2.52. The fraction of sp³-hybridized carbons (Fsp3) is 0.727. The second-order valence-corrected chi connectivity index (χ2v) is 7.22. The van der Waals surface area contributed by atoms with E-state index >= 15 is 0 Å². The Bertz CT molecular complexity index is 639. The summed E-state index contributed by atoms with van der Waals surface area (Å²) in [5, 5.41) is 13.2. The van der Waals surface area contributed by atoms with E-state index in [1.54, 1.807) is 6.92 Å². The lowest BCUT2D eigenvalue weighted by atomic mass is 10.2. The van der Waals surface area contributed by atoms with Gasteiger partial charge in [-0.05, 0) is 25.8 Å². The van der Waals surface area contributed by atoms with Gasteiger partial charge in [0.2, 0.25) is 0 Å². The molecule has 9 heteroatoms. The largest absolute Gasteiger partial charge is 0.388 e. The molecule has 20 heavy (non-hydrogen) atoms. The first-order valence-corrected chi connectivity index (χ1v) is 7.80. The fourth-order valence-electron chi connectivity index (χ4n) is 2.09. The van der Waals surface area contributed by atoms with Crippen LogP contribution in [0.3, 0.4) is 0 Å². The van der Waals surface area contributed by atoms with E-state index in [2.05, 4.69) is 9.82 Å². The molecule has 0 radical (unpaired) electrons. The predicted molar refractivity (Wildman–Crippen MR) is 64.8 cm³/mol. The Kier molecular flexibility index (Phi) is 2.77. The van der Waals surface area contributed by atoms with Gasteiger partial charge >= 0.3 is 0 Å². The number of nitrogens with zero attached hydrogens (tertiary/aromatic N) is 2. The molecule has 0 aliphatic heterocycles. The quantitative estimate of drug-likeness (QED) is 0.837. The van der Waals surface area contributed by atoms with Crippen LogP contribution in [0.5, 0.6) is 0 Å². The van der Waals surface area contributed by atoms with E-state index in [1.807, 2.05) is 0 Å². The van der Waals surface area contributed by atoms with Gasteiger partial charge in [0, 0.05) is 18.7 Å². The zero-order valence-corrected chi connectivity index (χ0v) is 11.6. The molecule has 1 heterocycles. The number of alkyl halides is 2. The number of halogens is 2. The topological polar surface area (TPSA) is 84.2 Å². The summed E-state index contributed by atoms with van der Waals surface area (Å²) >= 11 is 0. The third-order valence-electron chi connectivity index (χ3n) is 3.87. The highest BCUT2D eigenvalue weighted by Gasteiger charge is 2.59. The van der Waals surface area contributed by atoms with Crippen molar-refractivity contribution in [1.29, 1.82) is 0 Å². The van der Waals surface area contributed by atoms with Crippen LogP contribution in [0.25, 0.3) is 0 Å². The summed E-state index contributed by atoms with van der Waals surface area (Å²) < 4.78 is 53.2. The lowest BCUT2D eigenvalue weighted by Crippen LogP contribution is -2.42. The molecule has 2 atom stereocenters. The zero-order chi connectivity index (χ0) is 14.8. The molecule has 0 bridgehead atoms. The lowest BCUT2D eigenvalue weighted by molar-refractivity contribution is 0.0981. The minimum atomic E-state index is -3.91. The molecule has 2 saturated carbocycles. The maximum Gasteiger partial charge on any atom is 0.272 e. The van der Waals surface area contributed by atoms with Crippen LogP contribution in [0.1, 0.15) is 32.2 Å². The lowest BCUT2D eigenvalue weighted by Gasteiger charge is -2.18. The van der Waals surface area contributed by atoms with Gasteiger partial charge in [0.15, 0.2) is 5.03 Å². The summed E-state index contributed by atoms with van der Waals surface area (Å²) in [5.74, 6) is -2.81. The van der Waals surface area contributed by atoms with Gasteiger partial charge in [-0.1, -0.05) is 0 Å². The molecule has 1 aromatic heterocycles. The van der Waals surface area contributed by atoms with Crippen LogP contribution < -0.4 is 4.72 Å². The number of nitrogens with one attached hydrogen (secondary N) is 1. The van der Waals surface area contributed by atoms with Crippen LogP contribution in [-0.2, 0) is 10.0 Å². The number of aromatic nitrogens is 2. The molecule has 0 saturated heterocycles. The summed E-state index contributed by atoms with van der Waals surface area (Å²) in [6.07, 6.45) is 1.99. The van der Waals surface area contributed by atoms with Crippen LogP contribution in [0.4, 0.5) is 8.78 Å². The van der Waals surface area contributed by atoms with Crippen molar-refractivity contribution in [3.8, 4) is 0 Å². The molecule has 2 fully saturated rings. The average Bonchev–Trinajstić information content (AvgIpc) is 3.15. The first-order valence-electron chi connectivity index (χ1n) is 6.32. The van der Waals surface area contributed by atoms with Crippen molar-refractivity contribution >= 4 is 10.0 Å². The van der Waals surface area contributed by atoms with Crippen molar-refractivity contribution < 1.29 is 22.3 Å². The van der Waals surface area contributed by atoms with E-state index in [9.17, 15) is 22.3 Å². The predicted octanol–water partition coefficient (Wildman–Crippen LogP) is 0.655. The average molecular weight is 307 g/mol. The Hall–Kier alpha value is -1.06. The maximum atomic E-state index is 12.9. The van der Waals surface area contributed by atoms with E-state index in [0.717, 1.165) is 4.68 Å². The SMILES string of the molecule is C[C@H](NS(=O)(=O)c1ccn(C2CC2(F)F)n1)C1(O)CC1. The van der Waals surface area contributed by atoms with Crippen LogP contribution in [-0.4, -0.2) is 40.9 Å². The molecular weight excluding hydrogens is 292 g/mol. The number of rotatable bonds is 5. The van der Waals surface area contributed by atoms with Crippen molar-refractivity contribution in [2.24, 2.45) is 0 Å². The fourth-order valence-corrected chi connectivity index (χ4v) is 3.33. The third-order valence-corrected chi connectivity index (χ3v) is 5.30. The van der Waals surface area contributed by atoms with Crippen LogP contribution in [0, 0.1) is 0 Å². The standard InChI is InChI=1S/C11H15F2N3O3S/c1-7(10(17)3-4-10)15-20(18,19)9-2-5-16(14-9)8-6-11(8,12)13/h2,5,7-8,15,17H,3-4,6H2,1H3/t7-,8?/m0/s1. The number of hydrogen-bond donors (Lipinski definition) is 2. The minimum Gasteiger partial charge on any atom is -0.388 e. The number of hydrogen-bond acceptors (Lipinski definition) is 4. The molecule has 1 aromatic rings. The molecule has 1 unspecified atom stereocenters. The van der Waals surface area contributed by atoms with Gasteiger partial charge in [0.1, 0.15) is 6.04 Å². The molecule has 0 aromatic carbocycles. The monoisotopic (exact) mass is 307 g/mol. The normalized spacial score (nSPS) is 28.1. The molecule has 6 nitrogen and oxygen atoms in total. The second kappa shape index (κ2) is 3.99. The van der Waals surface area contributed by atoms with Crippen molar-refractivity contribution in [1.82, 2.24) is 14.5 Å². The molecule has 2 N–H and O–H groups in total. The molecule has 0 spiro atoms. The molecule has 2 aliphatic rings. The van der Waals surface area contributed by atoms with Gasteiger partial charge in [-0.2, -0.15) is 5.10 Å². The summed E-state index contributed by atoms with van der Waals surface area (Å²) in [4.78, 5) is 0. The van der Waals surface area contributed by atoms with E-state index in [4.69, 9.17) is 0 Å². The Morgan fingerprint density at radius 3 is 2.65 bits per heavy atom. The van der Waals surface area contributed by atoms with Crippen LogP contribution in [0.15, 0.2) is 17.3 Å². The Morgan fingerprint density at radius 1 is 1.55 bits per heavy atom. The summed E-state index contributed by atoms with van der Waals surface area (Å²) in [6.45, 7) is 1.57. The Morgan fingerprint density at radius 2 is 2.15 bits per heavy atom. The smallest absolute Gasteiger partial charge is 0.272 e. The molecule has 2 aliphatic carbocycles. The van der Waals surface area contributed by atoms with E-state index in [0.29, 0.717) is 12.8 Å². The summed E-state index contributed by atoms with van der Waals surface area (Å²) in [6, 6.07) is -0.517. The van der Waals surface area contributed by atoms with Crippen LogP contribution >= 0.6 is 0 Å². The van der Waals surface area contributed by atoms with Crippen molar-refractivity contribution in [3.05, 3.63) is 12.3 Å². The van der Waals surface area contributed by atoms with Crippen molar-refractivity contribution in [2.45, 2.75) is 54.8 Å². The first-order chi connectivity index (χ1) is 9.14. The molecular formula is C11H15F2N3O3S. The van der Waals surface area contributed by atoms with Gasteiger partial charge in [-0.15, -0.1) is 0 Å². The van der Waals surface area contributed by atoms with Crippen molar-refractivity contribution in [3.63, 3.8) is 0 Å². The van der Waals surface area contributed by atoms with Crippen molar-refractivity contribution in [2.75, 3.05) is 0 Å². The van der Waals surface area contributed by atoms with Gasteiger partial charge in [-0.3, -0.25) is 4.68 Å². The van der Waals surface area contributed by atoms with E-state index in [1.165, 1.54) is 12.3 Å². The van der Waals surface area contributed by atoms with E-state index in [-0.39, 0.29) is 11.4 Å². The molecule has 0 amide bonds. The summed E-state index contributed by atoms with van der Waals surface area (Å²) in [7, 11) is -3.91. The second-order valence-electron chi connectivity index (χ2n) is 5.56. The zero-order valence-electron chi connectivity index (χ0n) is 10.8. The summed E-state index contributed by atoms with van der Waals surface area (Å²) in [5.41, 5.74) is -1.00. The maximum absolute atomic E-state index is 12.9. The highest BCUT2D eigenvalue weighted by molar-refractivity contribution is 7.89. The third kappa shape index (κ3) is 2.33. The Labute approximate surface area is 114 Å². The Balaban J connectivity index is 1.75. The van der Waals surface area contributed by atoms with E-state index < -0.39 is 33.6 Å². The van der Waals surface area contributed by atoms with Crippen LogP contribution in [0.2, 0.25) is 0 Å². The first kappa shape index (κ1) is 13.9. The minimum absolute atomic E-state index is 0.309. The van der Waals surface area contributed by atoms with Gasteiger partial charge in [0.25, 0.3) is 15.9 Å². The number of sulfonamides is 1. The molecule has 112 valence electrons. The van der Waals surface area contributed by atoms with Gasteiger partial charge in [-0.25, -0.2) is 21.9 Å².